The van der Waals surface area contributed by atoms with Crippen LogP contribution in [0.2, 0.25) is 0 Å². The lowest BCUT2D eigenvalue weighted by Crippen LogP contribution is -2.28. The molecule has 32 heavy (non-hydrogen) atoms. The monoisotopic (exact) mass is 432 g/mol. The lowest BCUT2D eigenvalue weighted by Gasteiger charge is -2.12. The third kappa shape index (κ3) is 4.27. The van der Waals surface area contributed by atoms with Gasteiger partial charge in [-0.25, -0.2) is 0 Å². The summed E-state index contributed by atoms with van der Waals surface area (Å²) in [6.45, 7) is 4.69. The second kappa shape index (κ2) is 9.09. The number of furan rings is 1. The van der Waals surface area contributed by atoms with Crippen molar-refractivity contribution in [3.05, 3.63) is 82.8 Å². The number of imide groups is 1. The molecular weight excluding hydrogens is 408 g/mol. The van der Waals surface area contributed by atoms with Gasteiger partial charge in [-0.05, 0) is 67.4 Å². The number of nitrogens with zero attached hydrogens (tertiary/aromatic N) is 1. The number of benzene rings is 2. The van der Waals surface area contributed by atoms with E-state index in [1.807, 2.05) is 19.1 Å². The first-order valence-electron chi connectivity index (χ1n) is 10.6. The van der Waals surface area contributed by atoms with Crippen molar-refractivity contribution in [2.75, 3.05) is 11.9 Å². The van der Waals surface area contributed by atoms with Gasteiger partial charge < -0.3 is 14.5 Å². The fraction of sp³-hybridized carbons (Fsp3) is 0.240. The average Bonchev–Trinajstić information content (AvgIpc) is 3.38. The Morgan fingerprint density at radius 2 is 1.88 bits per heavy atom. The van der Waals surface area contributed by atoms with Crippen LogP contribution in [-0.4, -0.2) is 29.2 Å². The van der Waals surface area contributed by atoms with E-state index >= 15 is 0 Å². The van der Waals surface area contributed by atoms with Gasteiger partial charge in [-0.3, -0.25) is 19.3 Å². The number of ether oxygens (including phenoxy) is 1. The Hall–Kier alpha value is -3.87. The number of hydrogen-bond donors (Lipinski definition) is 1. The lowest BCUT2D eigenvalue weighted by molar-refractivity contribution is 0.0631. The molecule has 0 radical (unpaired) electrons. The summed E-state index contributed by atoms with van der Waals surface area (Å²) in [6.07, 6.45) is 3.53. The van der Waals surface area contributed by atoms with E-state index in [0.29, 0.717) is 23.6 Å². The molecule has 7 nitrogen and oxygen atoms in total. The maximum absolute atomic E-state index is 12.8. The van der Waals surface area contributed by atoms with Crippen LogP contribution >= 0.6 is 0 Å². The van der Waals surface area contributed by atoms with Crippen molar-refractivity contribution in [2.45, 2.75) is 33.2 Å². The fourth-order valence-corrected chi connectivity index (χ4v) is 3.53. The van der Waals surface area contributed by atoms with Crippen molar-refractivity contribution in [1.82, 2.24) is 4.90 Å². The van der Waals surface area contributed by atoms with E-state index in [0.717, 1.165) is 29.1 Å². The van der Waals surface area contributed by atoms with Crippen LogP contribution in [0.1, 0.15) is 62.2 Å². The first-order valence-corrected chi connectivity index (χ1v) is 10.6. The molecule has 4 rings (SSSR count). The Bertz CT molecular complexity index is 1170. The highest BCUT2D eigenvalue weighted by atomic mass is 16.5. The summed E-state index contributed by atoms with van der Waals surface area (Å²) in [4.78, 5) is 39.3. The number of carbonyl (C=O) groups is 3. The molecule has 0 aliphatic carbocycles. The molecular formula is C25H24N2O5. The van der Waals surface area contributed by atoms with E-state index < -0.39 is 11.8 Å². The molecule has 164 valence electrons. The second-order valence-electron chi connectivity index (χ2n) is 7.67. The molecule has 1 aromatic heterocycles. The lowest BCUT2D eigenvalue weighted by atomic mass is 10.0. The Morgan fingerprint density at radius 3 is 2.59 bits per heavy atom. The van der Waals surface area contributed by atoms with Crippen LogP contribution in [0.5, 0.6) is 5.75 Å². The maximum Gasteiger partial charge on any atom is 0.261 e. The third-order valence-corrected chi connectivity index (χ3v) is 5.34. The minimum atomic E-state index is -0.444. The van der Waals surface area contributed by atoms with Gasteiger partial charge >= 0.3 is 0 Å². The van der Waals surface area contributed by atoms with E-state index in [1.54, 1.807) is 24.3 Å². The number of aryl methyl sites for hydroxylation is 1. The predicted octanol–water partition coefficient (Wildman–Crippen LogP) is 4.82. The highest BCUT2D eigenvalue weighted by Gasteiger charge is 2.36. The molecule has 1 aliphatic rings. The van der Waals surface area contributed by atoms with Crippen LogP contribution in [0.25, 0.3) is 0 Å². The number of unbranched alkanes of at least 4 members (excludes halogenated alkanes) is 1. The minimum absolute atomic E-state index is 0.0484. The SMILES string of the molecule is CCCCOc1ccc(NC(=O)c2ccc3c(c2)C(=O)N(Cc2ccco2)C3=O)c(C)c1. The zero-order valence-electron chi connectivity index (χ0n) is 18.0. The predicted molar refractivity (Wildman–Crippen MR) is 119 cm³/mol. The van der Waals surface area contributed by atoms with Crippen molar-refractivity contribution in [3.63, 3.8) is 0 Å². The molecule has 0 fully saturated rings. The first-order chi connectivity index (χ1) is 15.5. The number of nitrogens with one attached hydrogen (secondary N) is 1. The van der Waals surface area contributed by atoms with Gasteiger partial charge in [0.2, 0.25) is 0 Å². The molecule has 0 spiro atoms. The number of carbonyl (C=O) groups excluding carboxylic acids is 3. The Kier molecular flexibility index (Phi) is 6.07. The smallest absolute Gasteiger partial charge is 0.261 e. The van der Waals surface area contributed by atoms with E-state index in [1.165, 1.54) is 18.4 Å². The number of fused-ring (bicyclic) bond motifs is 1. The van der Waals surface area contributed by atoms with E-state index in [-0.39, 0.29) is 23.6 Å². The normalized spacial score (nSPS) is 12.8. The molecule has 2 heterocycles. The first kappa shape index (κ1) is 21.4. The van der Waals surface area contributed by atoms with E-state index in [9.17, 15) is 14.4 Å². The maximum atomic E-state index is 12.8. The van der Waals surface area contributed by atoms with Gasteiger partial charge in [-0.1, -0.05) is 13.3 Å². The molecule has 0 atom stereocenters. The van der Waals surface area contributed by atoms with Gasteiger partial charge in [0.05, 0.1) is 30.5 Å². The molecule has 0 bridgehead atoms. The van der Waals surface area contributed by atoms with Crippen molar-refractivity contribution in [2.24, 2.45) is 0 Å². The molecule has 1 N–H and O–H groups in total. The molecule has 0 saturated heterocycles. The van der Waals surface area contributed by atoms with Crippen LogP contribution in [-0.2, 0) is 6.54 Å². The molecule has 2 aromatic carbocycles. The highest BCUT2D eigenvalue weighted by molar-refractivity contribution is 6.22. The number of amides is 3. The average molecular weight is 432 g/mol. The quantitative estimate of drug-likeness (QED) is 0.407. The van der Waals surface area contributed by atoms with Crippen LogP contribution in [0.3, 0.4) is 0 Å². The summed E-state index contributed by atoms with van der Waals surface area (Å²) >= 11 is 0. The zero-order chi connectivity index (χ0) is 22.7. The van der Waals surface area contributed by atoms with Crippen molar-refractivity contribution in [3.8, 4) is 5.75 Å². The van der Waals surface area contributed by atoms with Crippen molar-refractivity contribution in [1.29, 1.82) is 0 Å². The van der Waals surface area contributed by atoms with E-state index in [2.05, 4.69) is 12.2 Å². The summed E-state index contributed by atoms with van der Waals surface area (Å²) in [5, 5.41) is 2.87. The summed E-state index contributed by atoms with van der Waals surface area (Å²) in [7, 11) is 0. The van der Waals surface area contributed by atoms with Crippen LogP contribution < -0.4 is 10.1 Å². The minimum Gasteiger partial charge on any atom is -0.494 e. The fourth-order valence-electron chi connectivity index (χ4n) is 3.53. The Morgan fingerprint density at radius 1 is 1.06 bits per heavy atom. The number of hydrogen-bond acceptors (Lipinski definition) is 5. The van der Waals surface area contributed by atoms with Gasteiger partial charge in [-0.15, -0.1) is 0 Å². The molecule has 7 heteroatoms. The number of anilines is 1. The number of rotatable bonds is 8. The van der Waals surface area contributed by atoms with Crippen LogP contribution in [0, 0.1) is 6.92 Å². The van der Waals surface area contributed by atoms with Gasteiger partial charge in [0.25, 0.3) is 17.7 Å². The second-order valence-corrected chi connectivity index (χ2v) is 7.67. The highest BCUT2D eigenvalue weighted by Crippen LogP contribution is 2.27. The van der Waals surface area contributed by atoms with Crippen LogP contribution in [0.4, 0.5) is 5.69 Å². The molecule has 1 aliphatic heterocycles. The molecule has 3 amide bonds. The largest absolute Gasteiger partial charge is 0.494 e. The summed E-state index contributed by atoms with van der Waals surface area (Å²) in [5.41, 5.74) is 2.31. The summed E-state index contributed by atoms with van der Waals surface area (Å²) < 4.78 is 10.9. The van der Waals surface area contributed by atoms with Gasteiger partial charge in [-0.2, -0.15) is 0 Å². The van der Waals surface area contributed by atoms with E-state index in [4.69, 9.17) is 9.15 Å². The van der Waals surface area contributed by atoms with Crippen molar-refractivity contribution >= 4 is 23.4 Å². The Labute approximate surface area is 186 Å². The Balaban J connectivity index is 1.48. The van der Waals surface area contributed by atoms with Gasteiger partial charge in [0.1, 0.15) is 11.5 Å². The van der Waals surface area contributed by atoms with Crippen LogP contribution in [0.15, 0.2) is 59.2 Å². The third-order valence-electron chi connectivity index (χ3n) is 5.34. The summed E-state index contributed by atoms with van der Waals surface area (Å²) in [6, 6.07) is 13.4. The summed E-state index contributed by atoms with van der Waals surface area (Å²) in [5.74, 6) is 0.0614. The van der Waals surface area contributed by atoms with Gasteiger partial charge in [0.15, 0.2) is 0 Å². The van der Waals surface area contributed by atoms with Gasteiger partial charge in [0, 0.05) is 11.3 Å². The topological polar surface area (TPSA) is 88.8 Å². The molecule has 3 aromatic rings. The molecule has 0 unspecified atom stereocenters. The van der Waals surface area contributed by atoms with Crippen molar-refractivity contribution < 1.29 is 23.5 Å². The standard InChI is InChI=1S/C25H24N2O5/c1-3-4-11-31-18-8-10-22(16(2)13-18)26-23(28)17-7-9-20-21(14-17)25(30)27(24(20)29)15-19-6-5-12-32-19/h5-10,12-14H,3-4,11,15H2,1-2H3,(H,26,28). The molecule has 0 saturated carbocycles. The zero-order valence-corrected chi connectivity index (χ0v) is 18.0.